The van der Waals surface area contributed by atoms with Gasteiger partial charge < -0.3 is 0 Å². The van der Waals surface area contributed by atoms with Crippen molar-refractivity contribution in [1.29, 1.82) is 0 Å². The van der Waals surface area contributed by atoms with Crippen LogP contribution in [0.15, 0.2) is 30.3 Å². The Hall–Kier alpha value is -1.15. The van der Waals surface area contributed by atoms with E-state index in [0.717, 1.165) is 12.0 Å². The monoisotopic (exact) mass is 257 g/mol. The molecule has 2 aliphatic rings. The van der Waals surface area contributed by atoms with Crippen LogP contribution >= 0.6 is 0 Å². The lowest BCUT2D eigenvalue weighted by Gasteiger charge is -2.37. The minimum Gasteiger partial charge on any atom is -0.300 e. The van der Waals surface area contributed by atoms with Crippen LogP contribution in [0.5, 0.6) is 0 Å². The van der Waals surface area contributed by atoms with Crippen molar-refractivity contribution >= 4 is 5.78 Å². The quantitative estimate of drug-likeness (QED) is 0.772. The lowest BCUT2D eigenvalue weighted by Crippen LogP contribution is -2.44. The van der Waals surface area contributed by atoms with Gasteiger partial charge in [-0.2, -0.15) is 0 Å². The number of hydrogen-bond donors (Lipinski definition) is 0. The number of rotatable bonds is 3. The summed E-state index contributed by atoms with van der Waals surface area (Å²) in [6.07, 6.45) is 7.41. The molecule has 0 bridgehead atoms. The van der Waals surface area contributed by atoms with Crippen molar-refractivity contribution in [3.8, 4) is 0 Å². The fourth-order valence-corrected chi connectivity index (χ4v) is 3.74. The third-order valence-corrected chi connectivity index (χ3v) is 4.73. The summed E-state index contributed by atoms with van der Waals surface area (Å²) >= 11 is 0. The smallest absolute Gasteiger partial charge is 0.167 e. The number of carbonyl (C=O) groups excluding carboxylic acids is 1. The number of hydrogen-bond acceptors (Lipinski definition) is 2. The number of benzene rings is 1. The summed E-state index contributed by atoms with van der Waals surface area (Å²) in [5.74, 6) is 0.603. The molecule has 3 rings (SSSR count). The van der Waals surface area contributed by atoms with Gasteiger partial charge in [0.05, 0.1) is 0 Å². The Balaban J connectivity index is 1.78. The summed E-state index contributed by atoms with van der Waals surface area (Å²) in [6.45, 7) is 2.40. The third kappa shape index (κ3) is 2.74. The van der Waals surface area contributed by atoms with Crippen LogP contribution in [-0.2, 0) is 0 Å². The Morgan fingerprint density at radius 2 is 1.63 bits per heavy atom. The average Bonchev–Trinajstić information content (AvgIpc) is 3.01. The van der Waals surface area contributed by atoms with Gasteiger partial charge in [-0.3, -0.25) is 9.69 Å². The second-order valence-corrected chi connectivity index (χ2v) is 5.93. The van der Waals surface area contributed by atoms with E-state index in [4.69, 9.17) is 0 Å². The van der Waals surface area contributed by atoms with Crippen LogP contribution in [0.4, 0.5) is 0 Å². The predicted octanol–water partition coefficient (Wildman–Crippen LogP) is 3.52. The van der Waals surface area contributed by atoms with Gasteiger partial charge in [0.1, 0.15) is 0 Å². The number of likely N-dealkylation sites (tertiary alicyclic amines) is 1. The summed E-state index contributed by atoms with van der Waals surface area (Å²) in [7, 11) is 0. The maximum Gasteiger partial charge on any atom is 0.167 e. The van der Waals surface area contributed by atoms with Crippen molar-refractivity contribution in [1.82, 2.24) is 4.90 Å². The van der Waals surface area contributed by atoms with Crippen LogP contribution < -0.4 is 0 Å². The second-order valence-electron chi connectivity index (χ2n) is 5.93. The first-order valence-electron chi connectivity index (χ1n) is 7.69. The first-order chi connectivity index (χ1) is 9.36. The predicted molar refractivity (Wildman–Crippen MR) is 77.3 cm³/mol. The van der Waals surface area contributed by atoms with E-state index in [2.05, 4.69) is 4.90 Å². The highest BCUT2D eigenvalue weighted by atomic mass is 16.1. The molecule has 1 aromatic carbocycles. The molecular weight excluding hydrogens is 234 g/mol. The van der Waals surface area contributed by atoms with Gasteiger partial charge >= 0.3 is 0 Å². The second kappa shape index (κ2) is 5.87. The van der Waals surface area contributed by atoms with Crippen LogP contribution in [0.25, 0.3) is 0 Å². The van der Waals surface area contributed by atoms with E-state index in [1.165, 1.54) is 45.2 Å². The van der Waals surface area contributed by atoms with Crippen LogP contribution in [0.1, 0.15) is 48.9 Å². The van der Waals surface area contributed by atoms with Crippen LogP contribution in [0, 0.1) is 5.92 Å². The maximum atomic E-state index is 12.7. The first kappa shape index (κ1) is 12.9. The lowest BCUT2D eigenvalue weighted by molar-refractivity contribution is 0.0723. The molecule has 1 heterocycles. The Kier molecular flexibility index (Phi) is 3.97. The molecule has 2 fully saturated rings. The normalized spacial score (nSPS) is 28.4. The number of Topliss-reactive ketones (excluding diaryl/α,β-unsaturated/α-hetero) is 1. The summed E-state index contributed by atoms with van der Waals surface area (Å²) in [5, 5.41) is 0. The molecule has 1 saturated carbocycles. The Labute approximate surface area is 115 Å². The molecule has 0 amide bonds. The molecule has 0 aromatic heterocycles. The van der Waals surface area contributed by atoms with Gasteiger partial charge in [-0.05, 0) is 38.8 Å². The van der Waals surface area contributed by atoms with Crippen molar-refractivity contribution in [3.63, 3.8) is 0 Å². The molecule has 0 spiro atoms. The zero-order chi connectivity index (χ0) is 13.1. The summed E-state index contributed by atoms with van der Waals surface area (Å²) in [6, 6.07) is 10.4. The molecule has 1 saturated heterocycles. The van der Waals surface area contributed by atoms with Crippen molar-refractivity contribution in [2.75, 3.05) is 13.1 Å². The molecule has 2 unspecified atom stereocenters. The number of nitrogens with zero attached hydrogens (tertiary/aromatic N) is 1. The molecule has 1 aromatic rings. The summed E-state index contributed by atoms with van der Waals surface area (Å²) < 4.78 is 0. The molecule has 102 valence electrons. The maximum absolute atomic E-state index is 12.7. The molecule has 2 atom stereocenters. The van der Waals surface area contributed by atoms with E-state index in [1.807, 2.05) is 30.3 Å². The standard InChI is InChI=1S/C17H23NO/c19-17(14-8-2-1-3-9-14)15-10-4-5-11-16(15)18-12-6-7-13-18/h1-3,8-9,15-16H,4-7,10-13H2. The number of carbonyl (C=O) groups is 1. The zero-order valence-corrected chi connectivity index (χ0v) is 11.6. The minimum absolute atomic E-state index is 0.231. The van der Waals surface area contributed by atoms with Gasteiger partial charge in [0.2, 0.25) is 0 Å². The van der Waals surface area contributed by atoms with E-state index in [0.29, 0.717) is 11.8 Å². The largest absolute Gasteiger partial charge is 0.300 e. The zero-order valence-electron chi connectivity index (χ0n) is 11.6. The van der Waals surface area contributed by atoms with Gasteiger partial charge in [0, 0.05) is 17.5 Å². The van der Waals surface area contributed by atoms with E-state index in [9.17, 15) is 4.79 Å². The minimum atomic E-state index is 0.231. The summed E-state index contributed by atoms with van der Waals surface area (Å²) in [4.78, 5) is 15.3. The van der Waals surface area contributed by atoms with Crippen molar-refractivity contribution < 1.29 is 4.79 Å². The van der Waals surface area contributed by atoms with Crippen molar-refractivity contribution in [2.24, 2.45) is 5.92 Å². The highest BCUT2D eigenvalue weighted by Crippen LogP contribution is 2.32. The van der Waals surface area contributed by atoms with Gasteiger partial charge in [-0.15, -0.1) is 0 Å². The molecule has 0 radical (unpaired) electrons. The van der Waals surface area contributed by atoms with Crippen LogP contribution in [-0.4, -0.2) is 29.8 Å². The molecule has 1 aliphatic carbocycles. The van der Waals surface area contributed by atoms with Crippen LogP contribution in [0.3, 0.4) is 0 Å². The molecule has 0 N–H and O–H groups in total. The fraction of sp³-hybridized carbons (Fsp3) is 0.588. The third-order valence-electron chi connectivity index (χ3n) is 4.73. The van der Waals surface area contributed by atoms with Gasteiger partial charge in [-0.1, -0.05) is 43.2 Å². The molecule has 2 heteroatoms. The topological polar surface area (TPSA) is 20.3 Å². The van der Waals surface area contributed by atoms with E-state index >= 15 is 0 Å². The van der Waals surface area contributed by atoms with E-state index in [1.54, 1.807) is 0 Å². The van der Waals surface area contributed by atoms with Crippen molar-refractivity contribution in [3.05, 3.63) is 35.9 Å². The lowest BCUT2D eigenvalue weighted by atomic mass is 9.79. The molecule has 2 nitrogen and oxygen atoms in total. The van der Waals surface area contributed by atoms with Crippen LogP contribution in [0.2, 0.25) is 0 Å². The Bertz CT molecular complexity index is 422. The van der Waals surface area contributed by atoms with E-state index < -0.39 is 0 Å². The van der Waals surface area contributed by atoms with Crippen molar-refractivity contribution in [2.45, 2.75) is 44.6 Å². The van der Waals surface area contributed by atoms with E-state index in [-0.39, 0.29) is 5.92 Å². The fourth-order valence-electron chi connectivity index (χ4n) is 3.74. The van der Waals surface area contributed by atoms with Gasteiger partial charge in [-0.25, -0.2) is 0 Å². The Morgan fingerprint density at radius 1 is 0.947 bits per heavy atom. The Morgan fingerprint density at radius 3 is 2.37 bits per heavy atom. The highest BCUT2D eigenvalue weighted by molar-refractivity contribution is 5.98. The molecule has 19 heavy (non-hydrogen) atoms. The average molecular weight is 257 g/mol. The van der Waals surface area contributed by atoms with Gasteiger partial charge in [0.15, 0.2) is 5.78 Å². The highest BCUT2D eigenvalue weighted by Gasteiger charge is 2.35. The SMILES string of the molecule is O=C(c1ccccc1)C1CCCCC1N1CCCC1. The van der Waals surface area contributed by atoms with Gasteiger partial charge in [0.25, 0.3) is 0 Å². The molecular formula is C17H23NO. The number of ketones is 1. The molecule has 1 aliphatic heterocycles. The first-order valence-corrected chi connectivity index (χ1v) is 7.69. The summed E-state index contributed by atoms with van der Waals surface area (Å²) in [5.41, 5.74) is 0.901.